The molecule has 0 aliphatic carbocycles. The third-order valence-corrected chi connectivity index (χ3v) is 5.32. The first-order chi connectivity index (χ1) is 9.77. The van der Waals surface area contributed by atoms with E-state index in [1.807, 2.05) is 0 Å². The van der Waals surface area contributed by atoms with Gasteiger partial charge in [-0.05, 0) is 18.2 Å². The van der Waals surface area contributed by atoms with Gasteiger partial charge in [-0.15, -0.1) is 0 Å². The first-order valence-electron chi connectivity index (χ1n) is 5.89. The number of rotatable bonds is 3. The van der Waals surface area contributed by atoms with Gasteiger partial charge in [-0.2, -0.15) is 9.57 Å². The summed E-state index contributed by atoms with van der Waals surface area (Å²) in [7, 11) is -4.25. The van der Waals surface area contributed by atoms with E-state index < -0.39 is 28.1 Å². The highest BCUT2D eigenvalue weighted by Crippen LogP contribution is 2.29. The second-order valence-electron chi connectivity index (χ2n) is 4.57. The largest absolute Gasteiger partial charge is 0.480 e. The number of hydrogen-bond donors (Lipinski definition) is 2. The maximum Gasteiger partial charge on any atom is 0.322 e. The van der Waals surface area contributed by atoms with E-state index in [9.17, 15) is 18.3 Å². The first-order valence-corrected chi connectivity index (χ1v) is 7.71. The summed E-state index contributed by atoms with van der Waals surface area (Å²) >= 11 is 5.76. The van der Waals surface area contributed by atoms with Crippen molar-refractivity contribution >= 4 is 27.6 Å². The minimum Gasteiger partial charge on any atom is -0.480 e. The van der Waals surface area contributed by atoms with Crippen molar-refractivity contribution in [2.24, 2.45) is 0 Å². The second kappa shape index (κ2) is 5.61. The normalized spacial score (nSPS) is 22.9. The molecule has 0 radical (unpaired) electrons. The van der Waals surface area contributed by atoms with Gasteiger partial charge in [0.25, 0.3) is 0 Å². The average molecular weight is 331 g/mol. The smallest absolute Gasteiger partial charge is 0.322 e. The molecule has 1 fully saturated rings. The molecule has 2 rings (SSSR count). The molecule has 21 heavy (non-hydrogen) atoms. The fraction of sp³-hybridized carbons (Fsp3) is 0.333. The van der Waals surface area contributed by atoms with E-state index in [2.05, 4.69) is 0 Å². The maximum absolute atomic E-state index is 12.6. The number of aliphatic hydroxyl groups is 1. The molecular formula is C12H11ClN2O5S. The molecule has 9 heteroatoms. The highest BCUT2D eigenvalue weighted by molar-refractivity contribution is 7.89. The van der Waals surface area contributed by atoms with Crippen molar-refractivity contribution < 1.29 is 23.4 Å². The van der Waals surface area contributed by atoms with Crippen LogP contribution >= 0.6 is 11.6 Å². The Hall–Kier alpha value is -1.66. The van der Waals surface area contributed by atoms with Crippen molar-refractivity contribution in [1.82, 2.24) is 4.31 Å². The molecular weight excluding hydrogens is 320 g/mol. The number of nitriles is 1. The molecule has 2 atom stereocenters. The van der Waals surface area contributed by atoms with Gasteiger partial charge in [0.1, 0.15) is 17.0 Å². The van der Waals surface area contributed by atoms with Gasteiger partial charge in [0.05, 0.1) is 11.7 Å². The molecule has 7 nitrogen and oxygen atoms in total. The molecule has 0 aromatic heterocycles. The third-order valence-electron chi connectivity index (χ3n) is 3.17. The summed E-state index contributed by atoms with van der Waals surface area (Å²) < 4.78 is 25.8. The SMILES string of the molecule is N#Cc1ccc(Cl)cc1S(=O)(=O)N1C[C@H](O)C[C@@H]1C(=O)O. The number of carbonyl (C=O) groups is 1. The lowest BCUT2D eigenvalue weighted by Crippen LogP contribution is -2.40. The van der Waals surface area contributed by atoms with Crippen LogP contribution in [0.2, 0.25) is 5.02 Å². The Morgan fingerprint density at radius 3 is 2.71 bits per heavy atom. The summed E-state index contributed by atoms with van der Waals surface area (Å²) in [6.07, 6.45) is -1.26. The number of halogens is 1. The van der Waals surface area contributed by atoms with Crippen molar-refractivity contribution in [3.8, 4) is 6.07 Å². The van der Waals surface area contributed by atoms with E-state index >= 15 is 0 Å². The second-order valence-corrected chi connectivity index (χ2v) is 6.87. The number of aliphatic hydroxyl groups excluding tert-OH is 1. The van der Waals surface area contributed by atoms with Crippen LogP contribution < -0.4 is 0 Å². The summed E-state index contributed by atoms with van der Waals surface area (Å²) in [6, 6.07) is 4.08. The molecule has 1 saturated heterocycles. The zero-order valence-electron chi connectivity index (χ0n) is 10.6. The highest BCUT2D eigenvalue weighted by Gasteiger charge is 2.44. The molecule has 1 aromatic carbocycles. The predicted octanol–water partition coefficient (Wildman–Crippen LogP) is 0.420. The lowest BCUT2D eigenvalue weighted by Gasteiger charge is -2.21. The topological polar surface area (TPSA) is 119 Å². The van der Waals surface area contributed by atoms with Crippen LogP contribution in [0.3, 0.4) is 0 Å². The van der Waals surface area contributed by atoms with Crippen molar-refractivity contribution in [1.29, 1.82) is 5.26 Å². The minimum atomic E-state index is -4.25. The lowest BCUT2D eigenvalue weighted by molar-refractivity contribution is -0.140. The van der Waals surface area contributed by atoms with Crippen molar-refractivity contribution in [2.75, 3.05) is 6.54 Å². The van der Waals surface area contributed by atoms with Gasteiger partial charge in [0, 0.05) is 18.0 Å². The summed E-state index contributed by atoms with van der Waals surface area (Å²) in [4.78, 5) is 10.8. The summed E-state index contributed by atoms with van der Waals surface area (Å²) in [5.74, 6) is -1.35. The van der Waals surface area contributed by atoms with E-state index in [0.29, 0.717) is 4.31 Å². The summed E-state index contributed by atoms with van der Waals surface area (Å²) in [5, 5.41) is 27.7. The predicted molar refractivity (Wildman–Crippen MR) is 72.1 cm³/mol. The summed E-state index contributed by atoms with van der Waals surface area (Å²) in [6.45, 7) is -0.337. The molecule has 1 heterocycles. The molecule has 0 bridgehead atoms. The van der Waals surface area contributed by atoms with Crippen molar-refractivity contribution in [3.05, 3.63) is 28.8 Å². The van der Waals surface area contributed by atoms with Gasteiger partial charge in [-0.25, -0.2) is 8.42 Å². The van der Waals surface area contributed by atoms with Crippen molar-refractivity contribution in [3.63, 3.8) is 0 Å². The zero-order valence-corrected chi connectivity index (χ0v) is 12.2. The lowest BCUT2D eigenvalue weighted by atomic mass is 10.2. The molecule has 0 saturated carbocycles. The Labute approximate surface area is 126 Å². The van der Waals surface area contributed by atoms with E-state index in [0.717, 1.165) is 6.07 Å². The molecule has 112 valence electrons. The Kier molecular flexibility index (Phi) is 4.20. The molecule has 2 N–H and O–H groups in total. The van der Waals surface area contributed by atoms with Gasteiger partial charge >= 0.3 is 5.97 Å². The Balaban J connectivity index is 2.55. The van der Waals surface area contributed by atoms with E-state index in [-0.39, 0.29) is 28.4 Å². The molecule has 0 spiro atoms. The van der Waals surface area contributed by atoms with Gasteiger partial charge < -0.3 is 10.2 Å². The average Bonchev–Trinajstić information content (AvgIpc) is 2.82. The van der Waals surface area contributed by atoms with E-state index in [4.69, 9.17) is 22.0 Å². The highest BCUT2D eigenvalue weighted by atomic mass is 35.5. The number of carboxylic acids is 1. The van der Waals surface area contributed by atoms with Crippen LogP contribution in [0.5, 0.6) is 0 Å². The monoisotopic (exact) mass is 330 g/mol. The standard InChI is InChI=1S/C12H11ClN2O5S/c13-8-2-1-7(5-14)11(3-8)21(19,20)15-6-9(16)4-10(15)12(17)18/h1-3,9-10,16H,4,6H2,(H,17,18)/t9-,10-/m1/s1. The quantitative estimate of drug-likeness (QED) is 0.829. The van der Waals surface area contributed by atoms with Crippen LogP contribution in [0, 0.1) is 11.3 Å². The molecule has 0 unspecified atom stereocenters. The number of nitrogens with zero attached hydrogens (tertiary/aromatic N) is 2. The van der Waals surface area contributed by atoms with E-state index in [1.165, 1.54) is 12.1 Å². The van der Waals surface area contributed by atoms with Crippen LogP contribution in [0.25, 0.3) is 0 Å². The Morgan fingerprint density at radius 2 is 2.14 bits per heavy atom. The number of benzene rings is 1. The Morgan fingerprint density at radius 1 is 1.48 bits per heavy atom. The fourth-order valence-corrected chi connectivity index (χ4v) is 4.24. The Bertz CT molecular complexity index is 728. The minimum absolute atomic E-state index is 0.110. The zero-order chi connectivity index (χ0) is 15.8. The first kappa shape index (κ1) is 15.7. The maximum atomic E-state index is 12.6. The number of hydrogen-bond acceptors (Lipinski definition) is 5. The van der Waals surface area contributed by atoms with Gasteiger partial charge in [-0.3, -0.25) is 4.79 Å². The van der Waals surface area contributed by atoms with Gasteiger partial charge in [0.2, 0.25) is 10.0 Å². The number of carboxylic acid groups (broad SMARTS) is 1. The molecule has 1 aliphatic rings. The molecule has 1 aliphatic heterocycles. The van der Waals surface area contributed by atoms with E-state index in [1.54, 1.807) is 6.07 Å². The fourth-order valence-electron chi connectivity index (χ4n) is 2.20. The number of aliphatic carboxylic acids is 1. The van der Waals surface area contributed by atoms with Crippen LogP contribution in [-0.4, -0.2) is 47.6 Å². The van der Waals surface area contributed by atoms with Crippen molar-refractivity contribution in [2.45, 2.75) is 23.5 Å². The van der Waals surface area contributed by atoms with Crippen LogP contribution in [-0.2, 0) is 14.8 Å². The van der Waals surface area contributed by atoms with Crippen LogP contribution in [0.1, 0.15) is 12.0 Å². The molecule has 0 amide bonds. The number of β-amino-alcohol motifs (C(OH)–C–C–N with tert-alkyl or cyclic N) is 1. The van der Waals surface area contributed by atoms with Gasteiger partial charge in [-0.1, -0.05) is 11.6 Å². The summed E-state index contributed by atoms with van der Waals surface area (Å²) in [5.41, 5.74) is -0.134. The molecule has 1 aromatic rings. The van der Waals surface area contributed by atoms with Crippen LogP contribution in [0.15, 0.2) is 23.1 Å². The number of sulfonamides is 1. The third kappa shape index (κ3) is 2.87. The van der Waals surface area contributed by atoms with Crippen LogP contribution in [0.4, 0.5) is 0 Å². The van der Waals surface area contributed by atoms with Gasteiger partial charge in [0.15, 0.2) is 0 Å².